The van der Waals surface area contributed by atoms with Crippen molar-refractivity contribution in [3.63, 3.8) is 0 Å². The number of carbonyl (C=O) groups is 1. The zero-order chi connectivity index (χ0) is 7.94. The molecule has 0 aromatic carbocycles. The molecular weight excluding hydrogens is 146 g/mol. The lowest BCUT2D eigenvalue weighted by Gasteiger charge is -2.22. The topological polar surface area (TPSA) is 47.6 Å². The van der Waals surface area contributed by atoms with E-state index in [4.69, 9.17) is 9.47 Å². The number of carbonyl (C=O) groups excluding carboxylic acids is 1. The predicted octanol–water partition coefficient (Wildman–Crippen LogP) is -0.810. The molecule has 0 radical (unpaired) electrons. The lowest BCUT2D eigenvalue weighted by molar-refractivity contribution is -0.113. The number of nitrogens with one attached hydrogen (secondary N) is 1. The molecule has 0 aromatic heterocycles. The average molecular weight is 159 g/mol. The molecule has 0 aromatic rings. The molecule has 1 N–H and O–H groups in total. The van der Waals surface area contributed by atoms with Crippen LogP contribution in [0.15, 0.2) is 0 Å². The molecule has 1 saturated heterocycles. The van der Waals surface area contributed by atoms with Crippen LogP contribution in [-0.4, -0.2) is 45.3 Å². The quantitative estimate of drug-likeness (QED) is 0.430. The third kappa shape index (κ3) is 3.46. The predicted molar refractivity (Wildman–Crippen MR) is 39.5 cm³/mol. The summed E-state index contributed by atoms with van der Waals surface area (Å²) >= 11 is 0. The van der Waals surface area contributed by atoms with Crippen LogP contribution in [0.2, 0.25) is 0 Å². The van der Waals surface area contributed by atoms with E-state index in [9.17, 15) is 4.79 Å². The van der Waals surface area contributed by atoms with E-state index in [2.05, 4.69) is 5.32 Å². The van der Waals surface area contributed by atoms with Gasteiger partial charge < -0.3 is 19.6 Å². The van der Waals surface area contributed by atoms with E-state index in [1.165, 1.54) is 0 Å². The Labute approximate surface area is 65.9 Å². The first-order valence-corrected chi connectivity index (χ1v) is 3.77. The summed E-state index contributed by atoms with van der Waals surface area (Å²) in [4.78, 5) is 9.87. The smallest absolute Gasteiger partial charge is 0.145 e. The van der Waals surface area contributed by atoms with E-state index >= 15 is 0 Å². The van der Waals surface area contributed by atoms with Crippen LogP contribution in [0.5, 0.6) is 0 Å². The van der Waals surface area contributed by atoms with Crippen molar-refractivity contribution in [2.75, 3.05) is 32.9 Å². The minimum absolute atomic E-state index is 0.115. The van der Waals surface area contributed by atoms with Gasteiger partial charge in [-0.2, -0.15) is 0 Å². The molecule has 1 unspecified atom stereocenters. The maximum absolute atomic E-state index is 9.87. The lowest BCUT2D eigenvalue weighted by atomic mass is 10.3. The number of ether oxygens (including phenoxy) is 2. The standard InChI is InChI=1S/C7H13NO3/c9-2-4-10-6-7-5-8-1-3-11-7/h2,7-8H,1,3-6H2. The SMILES string of the molecule is O=CCOCC1CNCCO1. The molecule has 1 aliphatic rings. The lowest BCUT2D eigenvalue weighted by Crippen LogP contribution is -2.41. The molecule has 64 valence electrons. The van der Waals surface area contributed by atoms with Crippen LogP contribution in [-0.2, 0) is 14.3 Å². The fourth-order valence-corrected chi connectivity index (χ4v) is 0.974. The van der Waals surface area contributed by atoms with Crippen LogP contribution in [0.3, 0.4) is 0 Å². The van der Waals surface area contributed by atoms with E-state index in [1.807, 2.05) is 0 Å². The van der Waals surface area contributed by atoms with Gasteiger partial charge in [-0.1, -0.05) is 0 Å². The first kappa shape index (κ1) is 8.64. The highest BCUT2D eigenvalue weighted by atomic mass is 16.5. The monoisotopic (exact) mass is 159 g/mol. The minimum Gasteiger partial charge on any atom is -0.373 e. The maximum Gasteiger partial charge on any atom is 0.145 e. The fourth-order valence-electron chi connectivity index (χ4n) is 0.974. The van der Waals surface area contributed by atoms with Gasteiger partial charge in [-0.25, -0.2) is 0 Å². The highest BCUT2D eigenvalue weighted by molar-refractivity contribution is 5.50. The van der Waals surface area contributed by atoms with Crippen molar-refractivity contribution in [1.82, 2.24) is 5.32 Å². The first-order chi connectivity index (χ1) is 5.43. The third-order valence-corrected chi connectivity index (χ3v) is 1.49. The molecule has 4 nitrogen and oxygen atoms in total. The average Bonchev–Trinajstić information content (AvgIpc) is 2.07. The Morgan fingerprint density at radius 3 is 3.27 bits per heavy atom. The van der Waals surface area contributed by atoms with Gasteiger partial charge in [0.05, 0.1) is 19.3 Å². The van der Waals surface area contributed by atoms with Gasteiger partial charge in [0.1, 0.15) is 12.9 Å². The molecule has 11 heavy (non-hydrogen) atoms. The van der Waals surface area contributed by atoms with E-state index in [1.54, 1.807) is 0 Å². The number of rotatable bonds is 4. The third-order valence-electron chi connectivity index (χ3n) is 1.49. The second-order valence-corrected chi connectivity index (χ2v) is 2.40. The zero-order valence-corrected chi connectivity index (χ0v) is 6.41. The Balaban J connectivity index is 2.00. The van der Waals surface area contributed by atoms with Crippen molar-refractivity contribution in [1.29, 1.82) is 0 Å². The molecule has 1 rings (SSSR count). The zero-order valence-electron chi connectivity index (χ0n) is 6.41. The molecular formula is C7H13NO3. The summed E-state index contributed by atoms with van der Waals surface area (Å²) < 4.78 is 10.3. The molecule has 1 atom stereocenters. The van der Waals surface area contributed by atoms with Crippen LogP contribution < -0.4 is 5.32 Å². The molecule has 0 amide bonds. The van der Waals surface area contributed by atoms with Crippen LogP contribution in [0.1, 0.15) is 0 Å². The Hall–Kier alpha value is -0.450. The molecule has 0 aliphatic carbocycles. The number of hydrogen-bond donors (Lipinski definition) is 1. The summed E-state index contributed by atoms with van der Waals surface area (Å²) in [6.45, 7) is 3.13. The van der Waals surface area contributed by atoms with Crippen molar-refractivity contribution >= 4 is 6.29 Å². The Morgan fingerprint density at radius 1 is 1.73 bits per heavy atom. The molecule has 1 aliphatic heterocycles. The molecule has 0 spiro atoms. The van der Waals surface area contributed by atoms with Gasteiger partial charge in [-0.15, -0.1) is 0 Å². The van der Waals surface area contributed by atoms with Gasteiger partial charge in [-0.05, 0) is 0 Å². The van der Waals surface area contributed by atoms with E-state index in [-0.39, 0.29) is 12.7 Å². The first-order valence-electron chi connectivity index (χ1n) is 3.77. The van der Waals surface area contributed by atoms with Crippen LogP contribution in [0.25, 0.3) is 0 Å². The van der Waals surface area contributed by atoms with Crippen molar-refractivity contribution in [2.24, 2.45) is 0 Å². The number of aldehydes is 1. The normalized spacial score (nSPS) is 24.9. The largest absolute Gasteiger partial charge is 0.373 e. The van der Waals surface area contributed by atoms with E-state index in [0.29, 0.717) is 6.61 Å². The van der Waals surface area contributed by atoms with Crippen LogP contribution in [0, 0.1) is 0 Å². The molecule has 0 bridgehead atoms. The summed E-state index contributed by atoms with van der Waals surface area (Å²) in [5, 5.41) is 3.17. The summed E-state index contributed by atoms with van der Waals surface area (Å²) in [5.74, 6) is 0. The Kier molecular flexibility index (Phi) is 4.11. The highest BCUT2D eigenvalue weighted by Crippen LogP contribution is 1.95. The van der Waals surface area contributed by atoms with Gasteiger partial charge >= 0.3 is 0 Å². The van der Waals surface area contributed by atoms with Gasteiger partial charge in [0, 0.05) is 13.1 Å². The number of hydrogen-bond acceptors (Lipinski definition) is 4. The maximum atomic E-state index is 9.87. The number of morpholine rings is 1. The Morgan fingerprint density at radius 2 is 2.64 bits per heavy atom. The molecule has 0 saturated carbocycles. The van der Waals surface area contributed by atoms with Gasteiger partial charge in [0.15, 0.2) is 0 Å². The molecule has 1 heterocycles. The molecule has 1 fully saturated rings. The second-order valence-electron chi connectivity index (χ2n) is 2.40. The minimum atomic E-state index is 0.115. The second kappa shape index (κ2) is 5.23. The van der Waals surface area contributed by atoms with Crippen molar-refractivity contribution in [3.8, 4) is 0 Å². The Bertz CT molecular complexity index is 112. The van der Waals surface area contributed by atoms with Gasteiger partial charge in [0.25, 0.3) is 0 Å². The van der Waals surface area contributed by atoms with Crippen molar-refractivity contribution in [2.45, 2.75) is 6.10 Å². The summed E-state index contributed by atoms with van der Waals surface area (Å²) in [7, 11) is 0. The van der Waals surface area contributed by atoms with Crippen molar-refractivity contribution in [3.05, 3.63) is 0 Å². The summed E-state index contributed by atoms with van der Waals surface area (Å²) in [6.07, 6.45) is 0.861. The van der Waals surface area contributed by atoms with Crippen molar-refractivity contribution < 1.29 is 14.3 Å². The van der Waals surface area contributed by atoms with Gasteiger partial charge in [0.2, 0.25) is 0 Å². The highest BCUT2D eigenvalue weighted by Gasteiger charge is 2.12. The fraction of sp³-hybridized carbons (Fsp3) is 0.857. The summed E-state index contributed by atoms with van der Waals surface area (Å²) in [6, 6.07) is 0. The van der Waals surface area contributed by atoms with Crippen LogP contribution >= 0.6 is 0 Å². The van der Waals surface area contributed by atoms with Gasteiger partial charge in [-0.3, -0.25) is 0 Å². The summed E-state index contributed by atoms with van der Waals surface area (Å²) in [5.41, 5.74) is 0. The molecule has 4 heteroatoms. The van der Waals surface area contributed by atoms with E-state index < -0.39 is 0 Å². The van der Waals surface area contributed by atoms with E-state index in [0.717, 1.165) is 26.0 Å². The van der Waals surface area contributed by atoms with Crippen LogP contribution in [0.4, 0.5) is 0 Å².